The number of ether oxygens (including phenoxy) is 2. The van der Waals surface area contributed by atoms with Crippen LogP contribution in [-0.4, -0.2) is 33.1 Å². The summed E-state index contributed by atoms with van der Waals surface area (Å²) in [5.74, 6) is 0.169. The Morgan fingerprint density at radius 1 is 0.794 bits per heavy atom. The zero-order valence-corrected chi connectivity index (χ0v) is 19.0. The molecule has 0 bridgehead atoms. The first kappa shape index (κ1) is 23.3. The van der Waals surface area contributed by atoms with E-state index in [2.05, 4.69) is 0 Å². The molecule has 0 aliphatic heterocycles. The van der Waals surface area contributed by atoms with Gasteiger partial charge in [-0.05, 0) is 53.2 Å². The molecule has 4 aromatic carbocycles. The number of hydrogen-bond acceptors (Lipinski definition) is 4. The molecule has 0 aliphatic carbocycles. The SMILES string of the molecule is O=C(O)Cc1ccccc1OCCOc1ccc(N(c2ccc3ccccc3c2)S(=O)O)cc1. The Morgan fingerprint density at radius 2 is 1.44 bits per heavy atom. The molecule has 0 radical (unpaired) electrons. The van der Waals surface area contributed by atoms with Crippen LogP contribution in [0.1, 0.15) is 5.56 Å². The largest absolute Gasteiger partial charge is 0.490 e. The molecular weight excluding hydrogens is 454 g/mol. The summed E-state index contributed by atoms with van der Waals surface area (Å²) in [6, 6.07) is 27.2. The van der Waals surface area contributed by atoms with Gasteiger partial charge in [-0.2, -0.15) is 0 Å². The van der Waals surface area contributed by atoms with E-state index in [0.29, 0.717) is 28.4 Å². The average molecular weight is 478 g/mol. The fourth-order valence-electron chi connectivity index (χ4n) is 3.57. The summed E-state index contributed by atoms with van der Waals surface area (Å²) >= 11 is -2.26. The van der Waals surface area contributed by atoms with Crippen LogP contribution in [0.25, 0.3) is 10.8 Å². The second-order valence-electron chi connectivity index (χ2n) is 7.43. The quantitative estimate of drug-likeness (QED) is 0.241. The summed E-state index contributed by atoms with van der Waals surface area (Å²) in [5.41, 5.74) is 1.74. The molecule has 1 atom stereocenters. The van der Waals surface area contributed by atoms with Crippen molar-refractivity contribution in [1.29, 1.82) is 0 Å². The van der Waals surface area contributed by atoms with Crippen LogP contribution in [-0.2, 0) is 22.5 Å². The first-order valence-corrected chi connectivity index (χ1v) is 11.6. The molecule has 4 rings (SSSR count). The van der Waals surface area contributed by atoms with Crippen molar-refractivity contribution in [3.63, 3.8) is 0 Å². The highest BCUT2D eigenvalue weighted by Gasteiger charge is 2.16. The lowest BCUT2D eigenvalue weighted by atomic mass is 10.1. The van der Waals surface area contributed by atoms with E-state index in [9.17, 15) is 13.6 Å². The third-order valence-corrected chi connectivity index (χ3v) is 5.85. The molecule has 1 unspecified atom stereocenters. The fraction of sp³-hybridized carbons (Fsp3) is 0.115. The van der Waals surface area contributed by atoms with Gasteiger partial charge in [-0.25, -0.2) is 8.51 Å². The average Bonchev–Trinajstić information content (AvgIpc) is 2.83. The van der Waals surface area contributed by atoms with Crippen LogP contribution in [0.15, 0.2) is 91.0 Å². The molecule has 174 valence electrons. The Bertz CT molecular complexity index is 1310. The van der Waals surface area contributed by atoms with Gasteiger partial charge < -0.3 is 14.6 Å². The van der Waals surface area contributed by atoms with Crippen molar-refractivity contribution in [1.82, 2.24) is 0 Å². The van der Waals surface area contributed by atoms with E-state index in [1.54, 1.807) is 54.6 Å². The standard InChI is InChI=1S/C26H23NO6S/c28-26(29)18-21-7-3-4-8-25(21)33-16-15-32-24-13-11-22(12-14-24)27(34(30)31)23-10-9-19-5-1-2-6-20(19)17-23/h1-14,17H,15-16,18H2,(H,28,29)(H,30,31). The summed E-state index contributed by atoms with van der Waals surface area (Å²) in [6.07, 6.45) is -0.113. The Labute approximate surface area is 199 Å². The number of hydrogen-bond donors (Lipinski definition) is 2. The molecule has 8 heteroatoms. The van der Waals surface area contributed by atoms with Gasteiger partial charge in [0.1, 0.15) is 24.7 Å². The van der Waals surface area contributed by atoms with Gasteiger partial charge in [0.05, 0.1) is 17.8 Å². The Hall–Kier alpha value is -3.88. The predicted octanol–water partition coefficient (Wildman–Crippen LogP) is 5.20. The van der Waals surface area contributed by atoms with Crippen LogP contribution in [0.4, 0.5) is 11.4 Å². The van der Waals surface area contributed by atoms with Crippen LogP contribution in [0.2, 0.25) is 0 Å². The first-order chi connectivity index (χ1) is 16.5. The van der Waals surface area contributed by atoms with E-state index in [4.69, 9.17) is 14.6 Å². The van der Waals surface area contributed by atoms with E-state index >= 15 is 0 Å². The maximum Gasteiger partial charge on any atom is 0.307 e. The maximum atomic E-state index is 12.1. The van der Waals surface area contributed by atoms with Gasteiger partial charge in [0.15, 0.2) is 0 Å². The zero-order chi connectivity index (χ0) is 23.9. The van der Waals surface area contributed by atoms with Gasteiger partial charge in [-0.3, -0.25) is 9.35 Å². The molecule has 4 aromatic rings. The zero-order valence-electron chi connectivity index (χ0n) is 18.2. The summed E-state index contributed by atoms with van der Waals surface area (Å²) in [4.78, 5) is 11.0. The summed E-state index contributed by atoms with van der Waals surface area (Å²) in [6.45, 7) is 0.489. The minimum absolute atomic E-state index is 0.113. The Morgan fingerprint density at radius 3 is 2.18 bits per heavy atom. The van der Waals surface area contributed by atoms with Crippen LogP contribution in [0.5, 0.6) is 11.5 Å². The normalized spacial score (nSPS) is 11.7. The van der Waals surface area contributed by atoms with E-state index in [-0.39, 0.29) is 19.6 Å². The predicted molar refractivity (Wildman–Crippen MR) is 132 cm³/mol. The molecule has 7 nitrogen and oxygen atoms in total. The van der Waals surface area contributed by atoms with E-state index in [1.165, 1.54) is 4.31 Å². The molecule has 0 saturated carbocycles. The van der Waals surface area contributed by atoms with Gasteiger partial charge in [0.2, 0.25) is 0 Å². The van der Waals surface area contributed by atoms with E-state index < -0.39 is 17.2 Å². The van der Waals surface area contributed by atoms with Crippen LogP contribution in [0.3, 0.4) is 0 Å². The highest BCUT2D eigenvalue weighted by Crippen LogP contribution is 2.31. The highest BCUT2D eigenvalue weighted by atomic mass is 32.2. The van der Waals surface area contributed by atoms with Crippen LogP contribution >= 0.6 is 0 Å². The number of para-hydroxylation sites is 1. The van der Waals surface area contributed by atoms with Gasteiger partial charge in [-0.15, -0.1) is 0 Å². The second-order valence-corrected chi connectivity index (χ2v) is 8.25. The number of benzene rings is 4. The fourth-order valence-corrected chi connectivity index (χ4v) is 4.17. The number of carbonyl (C=O) groups is 1. The molecule has 0 amide bonds. The molecule has 0 aliphatic rings. The molecule has 34 heavy (non-hydrogen) atoms. The monoisotopic (exact) mass is 477 g/mol. The lowest BCUT2D eigenvalue weighted by Crippen LogP contribution is -2.19. The third-order valence-electron chi connectivity index (χ3n) is 5.12. The smallest absolute Gasteiger partial charge is 0.307 e. The number of carboxylic acid groups (broad SMARTS) is 1. The van der Waals surface area contributed by atoms with Gasteiger partial charge in [0.25, 0.3) is 11.3 Å². The van der Waals surface area contributed by atoms with Crippen molar-refractivity contribution in [2.45, 2.75) is 6.42 Å². The molecule has 2 N–H and O–H groups in total. The molecule has 0 heterocycles. The van der Waals surface area contributed by atoms with Crippen molar-refractivity contribution < 1.29 is 28.1 Å². The van der Waals surface area contributed by atoms with Gasteiger partial charge in [-0.1, -0.05) is 48.5 Å². The summed E-state index contributed by atoms with van der Waals surface area (Å²) in [7, 11) is 0. The number of aliphatic carboxylic acids is 1. The molecule has 0 saturated heterocycles. The van der Waals surface area contributed by atoms with E-state index in [1.807, 2.05) is 36.4 Å². The van der Waals surface area contributed by atoms with Crippen LogP contribution in [0, 0.1) is 0 Å². The van der Waals surface area contributed by atoms with Crippen LogP contribution < -0.4 is 13.8 Å². The number of rotatable bonds is 10. The molecule has 0 spiro atoms. The first-order valence-electron chi connectivity index (χ1n) is 10.6. The lowest BCUT2D eigenvalue weighted by Gasteiger charge is -2.21. The number of fused-ring (bicyclic) bond motifs is 1. The molecule has 0 aromatic heterocycles. The second kappa shape index (κ2) is 10.8. The maximum absolute atomic E-state index is 12.1. The summed E-state index contributed by atoms with van der Waals surface area (Å²) < 4.78 is 34.8. The topological polar surface area (TPSA) is 96.3 Å². The van der Waals surface area contributed by atoms with Gasteiger partial charge >= 0.3 is 5.97 Å². The number of carboxylic acids is 1. The number of nitrogens with zero attached hydrogens (tertiary/aromatic N) is 1. The van der Waals surface area contributed by atoms with Crippen molar-refractivity contribution in [2.75, 3.05) is 17.5 Å². The molecule has 0 fully saturated rings. The lowest BCUT2D eigenvalue weighted by molar-refractivity contribution is -0.136. The van der Waals surface area contributed by atoms with Gasteiger partial charge in [0, 0.05) is 5.56 Å². The Balaban J connectivity index is 1.39. The van der Waals surface area contributed by atoms with Crippen molar-refractivity contribution in [3.8, 4) is 11.5 Å². The molecular formula is C26H23NO6S. The minimum Gasteiger partial charge on any atom is -0.490 e. The van der Waals surface area contributed by atoms with Crippen molar-refractivity contribution >= 4 is 39.4 Å². The summed E-state index contributed by atoms with van der Waals surface area (Å²) in [5, 5.41) is 11.0. The van der Waals surface area contributed by atoms with Crippen molar-refractivity contribution in [3.05, 3.63) is 96.6 Å². The number of anilines is 2. The Kier molecular flexibility index (Phi) is 7.41. The van der Waals surface area contributed by atoms with E-state index in [0.717, 1.165) is 10.8 Å². The minimum atomic E-state index is -2.26. The third kappa shape index (κ3) is 5.72. The highest BCUT2D eigenvalue weighted by molar-refractivity contribution is 7.81. The van der Waals surface area contributed by atoms with Crippen molar-refractivity contribution in [2.24, 2.45) is 0 Å².